The highest BCUT2D eigenvalue weighted by molar-refractivity contribution is 7.16. The summed E-state index contributed by atoms with van der Waals surface area (Å²) in [5.74, 6) is -1.49. The average molecular weight is 318 g/mol. The zero-order valence-electron chi connectivity index (χ0n) is 10.7. The Labute approximate surface area is 125 Å². The van der Waals surface area contributed by atoms with Crippen molar-refractivity contribution in [1.29, 1.82) is 0 Å². The van der Waals surface area contributed by atoms with Crippen LogP contribution in [0.25, 0.3) is 0 Å². The summed E-state index contributed by atoms with van der Waals surface area (Å²) in [6.07, 6.45) is -1.24. The molecule has 1 aromatic carbocycles. The van der Waals surface area contributed by atoms with Gasteiger partial charge < -0.3 is 10.4 Å². The molecule has 2 rings (SSSR count). The highest BCUT2D eigenvalue weighted by Crippen LogP contribution is 2.27. The van der Waals surface area contributed by atoms with Gasteiger partial charge in [-0.1, -0.05) is 17.7 Å². The van der Waals surface area contributed by atoms with Crippen LogP contribution in [0.5, 0.6) is 0 Å². The van der Waals surface area contributed by atoms with Crippen molar-refractivity contribution < 1.29 is 13.9 Å². The van der Waals surface area contributed by atoms with Crippen molar-refractivity contribution in [3.8, 4) is 0 Å². The minimum absolute atomic E-state index is 0.0501. The Balaban J connectivity index is 2.00. The van der Waals surface area contributed by atoms with Crippen LogP contribution >= 0.6 is 22.9 Å². The molecule has 2 unspecified atom stereocenters. The Hall–Kier alpha value is -1.01. The van der Waals surface area contributed by atoms with Gasteiger partial charge in [0.25, 0.3) is 0 Å². The van der Waals surface area contributed by atoms with E-state index in [9.17, 15) is 13.9 Å². The van der Waals surface area contributed by atoms with Crippen molar-refractivity contribution in [3.05, 3.63) is 56.7 Å². The number of halogens is 3. The number of benzene rings is 1. The first kappa shape index (κ1) is 15.4. The molecule has 2 atom stereocenters. The molecule has 0 spiro atoms. The lowest BCUT2D eigenvalue weighted by molar-refractivity contribution is 0.161. The Morgan fingerprint density at radius 3 is 2.45 bits per heavy atom. The number of hydrogen-bond donors (Lipinski definition) is 2. The Kier molecular flexibility index (Phi) is 5.10. The lowest BCUT2D eigenvalue weighted by Crippen LogP contribution is -2.25. The Morgan fingerprint density at radius 1 is 1.25 bits per heavy atom. The zero-order valence-corrected chi connectivity index (χ0v) is 12.3. The van der Waals surface area contributed by atoms with Gasteiger partial charge in [-0.3, -0.25) is 0 Å². The van der Waals surface area contributed by atoms with E-state index in [-0.39, 0.29) is 18.2 Å². The predicted octanol–water partition coefficient (Wildman–Crippen LogP) is 4.06. The third kappa shape index (κ3) is 3.55. The van der Waals surface area contributed by atoms with Crippen LogP contribution in [0.1, 0.15) is 29.5 Å². The number of nitrogens with one attached hydrogen (secondary N) is 1. The van der Waals surface area contributed by atoms with E-state index < -0.39 is 17.7 Å². The summed E-state index contributed by atoms with van der Waals surface area (Å²) >= 11 is 7.27. The SMILES string of the molecule is CC(NCC(O)c1c(F)cccc1F)c1ccc(Cl)s1. The number of aliphatic hydroxyl groups excluding tert-OH is 1. The molecular weight excluding hydrogens is 304 g/mol. The standard InChI is InChI=1S/C14H14ClF2NOS/c1-8(12-5-6-13(15)20-12)18-7-11(19)14-9(16)3-2-4-10(14)17/h2-6,8,11,18-19H,7H2,1H3. The van der Waals surface area contributed by atoms with Crippen LogP contribution < -0.4 is 5.32 Å². The number of rotatable bonds is 5. The molecule has 0 aliphatic heterocycles. The van der Waals surface area contributed by atoms with Crippen LogP contribution in [-0.2, 0) is 0 Å². The van der Waals surface area contributed by atoms with Crippen LogP contribution in [-0.4, -0.2) is 11.7 Å². The Morgan fingerprint density at radius 2 is 1.90 bits per heavy atom. The normalized spacial score (nSPS) is 14.2. The fraction of sp³-hybridized carbons (Fsp3) is 0.286. The van der Waals surface area contributed by atoms with Gasteiger partial charge in [-0.2, -0.15) is 0 Å². The lowest BCUT2D eigenvalue weighted by atomic mass is 10.1. The fourth-order valence-corrected chi connectivity index (χ4v) is 2.97. The fourth-order valence-electron chi connectivity index (χ4n) is 1.88. The van der Waals surface area contributed by atoms with Crippen LogP contribution in [0.2, 0.25) is 4.34 Å². The summed E-state index contributed by atoms with van der Waals surface area (Å²) in [6, 6.07) is 7.13. The highest BCUT2D eigenvalue weighted by atomic mass is 35.5. The molecule has 0 fully saturated rings. The van der Waals surface area contributed by atoms with Crippen molar-refractivity contribution in [3.63, 3.8) is 0 Å². The van der Waals surface area contributed by atoms with E-state index >= 15 is 0 Å². The van der Waals surface area contributed by atoms with Gasteiger partial charge in [0.2, 0.25) is 0 Å². The van der Waals surface area contributed by atoms with Crippen molar-refractivity contribution >= 4 is 22.9 Å². The maximum absolute atomic E-state index is 13.5. The van der Waals surface area contributed by atoms with E-state index in [1.807, 2.05) is 13.0 Å². The minimum atomic E-state index is -1.24. The molecule has 1 heterocycles. The van der Waals surface area contributed by atoms with E-state index in [1.54, 1.807) is 6.07 Å². The summed E-state index contributed by atoms with van der Waals surface area (Å²) < 4.78 is 27.7. The average Bonchev–Trinajstić information content (AvgIpc) is 2.82. The monoisotopic (exact) mass is 317 g/mol. The summed E-state index contributed by atoms with van der Waals surface area (Å²) in [6.45, 7) is 1.95. The minimum Gasteiger partial charge on any atom is -0.387 e. The van der Waals surface area contributed by atoms with Crippen LogP contribution in [0.3, 0.4) is 0 Å². The molecule has 0 bridgehead atoms. The van der Waals surface area contributed by atoms with Gasteiger partial charge in [-0.25, -0.2) is 8.78 Å². The van der Waals surface area contributed by atoms with Gasteiger partial charge in [-0.15, -0.1) is 11.3 Å². The molecule has 0 radical (unpaired) electrons. The third-order valence-electron chi connectivity index (χ3n) is 2.97. The highest BCUT2D eigenvalue weighted by Gasteiger charge is 2.18. The van der Waals surface area contributed by atoms with E-state index in [1.165, 1.54) is 17.4 Å². The molecule has 0 aliphatic carbocycles. The van der Waals surface area contributed by atoms with E-state index in [2.05, 4.69) is 5.32 Å². The van der Waals surface area contributed by atoms with Crippen molar-refractivity contribution in [2.24, 2.45) is 0 Å². The molecular formula is C14H14ClF2NOS. The maximum atomic E-state index is 13.5. The predicted molar refractivity (Wildman–Crippen MR) is 77.1 cm³/mol. The van der Waals surface area contributed by atoms with Gasteiger partial charge in [0.15, 0.2) is 0 Å². The van der Waals surface area contributed by atoms with E-state index in [4.69, 9.17) is 11.6 Å². The molecule has 0 amide bonds. The molecule has 20 heavy (non-hydrogen) atoms. The third-order valence-corrected chi connectivity index (χ3v) is 4.38. The van der Waals surface area contributed by atoms with Crippen molar-refractivity contribution in [1.82, 2.24) is 5.32 Å². The van der Waals surface area contributed by atoms with Crippen molar-refractivity contribution in [2.45, 2.75) is 19.1 Å². The topological polar surface area (TPSA) is 32.3 Å². The summed E-state index contributed by atoms with van der Waals surface area (Å²) in [5.41, 5.74) is -0.309. The zero-order chi connectivity index (χ0) is 14.7. The molecule has 0 aliphatic rings. The molecule has 0 saturated heterocycles. The number of hydrogen-bond acceptors (Lipinski definition) is 3. The van der Waals surface area contributed by atoms with Gasteiger partial charge in [0.1, 0.15) is 11.6 Å². The van der Waals surface area contributed by atoms with Crippen LogP contribution in [0, 0.1) is 11.6 Å². The smallest absolute Gasteiger partial charge is 0.131 e. The van der Waals surface area contributed by atoms with Crippen molar-refractivity contribution in [2.75, 3.05) is 6.54 Å². The van der Waals surface area contributed by atoms with E-state index in [0.29, 0.717) is 4.34 Å². The van der Waals surface area contributed by atoms with Crippen LogP contribution in [0.4, 0.5) is 8.78 Å². The lowest BCUT2D eigenvalue weighted by Gasteiger charge is -2.17. The molecule has 2 N–H and O–H groups in total. The molecule has 1 aromatic heterocycles. The molecule has 108 valence electrons. The molecule has 2 nitrogen and oxygen atoms in total. The second-order valence-corrected chi connectivity index (χ2v) is 6.17. The first-order valence-corrected chi connectivity index (χ1v) is 7.29. The molecule has 0 saturated carbocycles. The summed E-state index contributed by atoms with van der Waals surface area (Å²) in [7, 11) is 0. The maximum Gasteiger partial charge on any atom is 0.131 e. The molecule has 2 aromatic rings. The quantitative estimate of drug-likeness (QED) is 0.871. The Bertz CT molecular complexity index is 570. The summed E-state index contributed by atoms with van der Waals surface area (Å²) in [5, 5.41) is 13.0. The second kappa shape index (κ2) is 6.63. The first-order valence-electron chi connectivity index (χ1n) is 6.09. The van der Waals surface area contributed by atoms with Crippen LogP contribution in [0.15, 0.2) is 30.3 Å². The van der Waals surface area contributed by atoms with Gasteiger partial charge in [-0.05, 0) is 31.2 Å². The molecule has 6 heteroatoms. The van der Waals surface area contributed by atoms with Gasteiger partial charge in [0, 0.05) is 17.5 Å². The summed E-state index contributed by atoms with van der Waals surface area (Å²) in [4.78, 5) is 0.996. The largest absolute Gasteiger partial charge is 0.387 e. The van der Waals surface area contributed by atoms with E-state index in [0.717, 1.165) is 17.0 Å². The second-order valence-electron chi connectivity index (χ2n) is 4.42. The van der Waals surface area contributed by atoms with Gasteiger partial charge in [0.05, 0.1) is 16.0 Å². The number of aliphatic hydroxyl groups is 1. The first-order chi connectivity index (χ1) is 9.49. The number of thiophene rings is 1. The van der Waals surface area contributed by atoms with Gasteiger partial charge >= 0.3 is 0 Å².